The van der Waals surface area contributed by atoms with E-state index >= 15 is 0 Å². The molecule has 0 atom stereocenters. The minimum atomic E-state index is -0.969. The number of carbonyl (C=O) groups excluding carboxylic acids is 2. The summed E-state index contributed by atoms with van der Waals surface area (Å²) in [7, 11) is 0. The van der Waals surface area contributed by atoms with Gasteiger partial charge in [-0.1, -0.05) is 12.1 Å². The second-order valence-corrected chi connectivity index (χ2v) is 8.29. The zero-order valence-corrected chi connectivity index (χ0v) is 18.9. The largest absolute Gasteiger partial charge is 0.505 e. The number of esters is 1. The second-order valence-electron chi connectivity index (χ2n) is 8.29. The standard InChI is InChI=1S/C25H26FN3O5/c1-2-34-25(33)21-23(31)22-19(13-17(14-27-22)12-16-6-8-18(26)9-7-16)29(24(21)32)15-20(30)28-10-4-3-5-11-28/h6-9,13-14,31H,2-5,10-12,15H2,1H3. The molecule has 0 saturated carbocycles. The highest BCUT2D eigenvalue weighted by atomic mass is 19.1. The minimum absolute atomic E-state index is 0.0203. The molecule has 0 radical (unpaired) electrons. The van der Waals surface area contributed by atoms with E-state index in [-0.39, 0.29) is 35.9 Å². The Morgan fingerprint density at radius 2 is 1.82 bits per heavy atom. The highest BCUT2D eigenvalue weighted by Crippen LogP contribution is 2.27. The van der Waals surface area contributed by atoms with Crippen LogP contribution in [0.2, 0.25) is 0 Å². The Balaban J connectivity index is 1.81. The van der Waals surface area contributed by atoms with Gasteiger partial charge >= 0.3 is 5.97 Å². The van der Waals surface area contributed by atoms with Crippen LogP contribution in [-0.4, -0.2) is 51.1 Å². The molecule has 0 bridgehead atoms. The number of rotatable bonds is 6. The lowest BCUT2D eigenvalue weighted by Crippen LogP contribution is -2.40. The van der Waals surface area contributed by atoms with Gasteiger partial charge in [-0.2, -0.15) is 0 Å². The number of ether oxygens (including phenoxy) is 1. The fourth-order valence-electron chi connectivity index (χ4n) is 4.20. The van der Waals surface area contributed by atoms with Gasteiger partial charge in [0.25, 0.3) is 5.56 Å². The Kier molecular flexibility index (Phi) is 6.90. The minimum Gasteiger partial charge on any atom is -0.505 e. The van der Waals surface area contributed by atoms with Gasteiger partial charge in [-0.3, -0.25) is 19.1 Å². The molecule has 1 aliphatic heterocycles. The van der Waals surface area contributed by atoms with E-state index in [4.69, 9.17) is 4.74 Å². The molecule has 4 rings (SSSR count). The number of hydrogen-bond donors (Lipinski definition) is 1. The smallest absolute Gasteiger partial charge is 0.347 e. The summed E-state index contributed by atoms with van der Waals surface area (Å²) >= 11 is 0. The zero-order chi connectivity index (χ0) is 24.2. The first-order valence-electron chi connectivity index (χ1n) is 11.3. The molecule has 3 aromatic rings. The van der Waals surface area contributed by atoms with Gasteiger partial charge in [0.2, 0.25) is 5.91 Å². The average Bonchev–Trinajstić information content (AvgIpc) is 2.84. The molecular formula is C25H26FN3O5. The maximum atomic E-state index is 13.3. The Bertz CT molecular complexity index is 1280. The summed E-state index contributed by atoms with van der Waals surface area (Å²) in [5.74, 6) is -2.13. The third kappa shape index (κ3) is 4.78. The number of benzene rings is 1. The molecule has 1 fully saturated rings. The van der Waals surface area contributed by atoms with Gasteiger partial charge in [0.15, 0.2) is 11.3 Å². The quantitative estimate of drug-likeness (QED) is 0.559. The Morgan fingerprint density at radius 3 is 2.50 bits per heavy atom. The lowest BCUT2D eigenvalue weighted by atomic mass is 10.1. The van der Waals surface area contributed by atoms with Crippen molar-refractivity contribution in [1.82, 2.24) is 14.5 Å². The molecule has 9 heteroatoms. The Hall–Kier alpha value is -3.75. The van der Waals surface area contributed by atoms with Crippen LogP contribution in [0.25, 0.3) is 11.0 Å². The molecular weight excluding hydrogens is 441 g/mol. The van der Waals surface area contributed by atoms with Crippen LogP contribution in [0.1, 0.15) is 47.7 Å². The predicted octanol–water partition coefficient (Wildman–Crippen LogP) is 3.02. The van der Waals surface area contributed by atoms with Gasteiger partial charge in [-0.25, -0.2) is 9.18 Å². The molecule has 1 amide bonds. The van der Waals surface area contributed by atoms with Crippen molar-refractivity contribution in [1.29, 1.82) is 0 Å². The van der Waals surface area contributed by atoms with E-state index in [1.54, 1.807) is 30.0 Å². The number of amides is 1. The number of nitrogens with zero attached hydrogens (tertiary/aromatic N) is 3. The molecule has 1 aliphatic rings. The van der Waals surface area contributed by atoms with Crippen LogP contribution >= 0.6 is 0 Å². The molecule has 0 aliphatic carbocycles. The molecule has 178 valence electrons. The highest BCUT2D eigenvalue weighted by molar-refractivity contribution is 5.98. The normalized spacial score (nSPS) is 13.8. The van der Waals surface area contributed by atoms with Crippen LogP contribution in [0.4, 0.5) is 4.39 Å². The first-order valence-corrected chi connectivity index (χ1v) is 11.3. The fourth-order valence-corrected chi connectivity index (χ4v) is 4.20. The molecule has 0 unspecified atom stereocenters. The highest BCUT2D eigenvalue weighted by Gasteiger charge is 2.26. The summed E-state index contributed by atoms with van der Waals surface area (Å²) in [6, 6.07) is 7.66. The third-order valence-corrected chi connectivity index (χ3v) is 5.94. The van der Waals surface area contributed by atoms with Crippen LogP contribution in [0.15, 0.2) is 41.3 Å². The van der Waals surface area contributed by atoms with Crippen molar-refractivity contribution in [2.75, 3.05) is 19.7 Å². The van der Waals surface area contributed by atoms with Crippen molar-refractivity contribution in [3.8, 4) is 5.75 Å². The van der Waals surface area contributed by atoms with Crippen molar-refractivity contribution >= 4 is 22.9 Å². The number of carbonyl (C=O) groups is 2. The summed E-state index contributed by atoms with van der Waals surface area (Å²) in [6.45, 7) is 2.55. The summed E-state index contributed by atoms with van der Waals surface area (Å²) in [5.41, 5.74) is 0.431. The van der Waals surface area contributed by atoms with Gasteiger partial charge < -0.3 is 14.7 Å². The Morgan fingerprint density at radius 1 is 1.12 bits per heavy atom. The molecule has 2 aromatic heterocycles. The second kappa shape index (κ2) is 10.0. The number of pyridine rings is 2. The zero-order valence-electron chi connectivity index (χ0n) is 18.9. The van der Waals surface area contributed by atoms with Crippen LogP contribution in [-0.2, 0) is 22.5 Å². The number of halogens is 1. The van der Waals surface area contributed by atoms with E-state index in [0.29, 0.717) is 25.1 Å². The predicted molar refractivity (Wildman–Crippen MR) is 123 cm³/mol. The molecule has 1 aromatic carbocycles. The van der Waals surface area contributed by atoms with Crippen molar-refractivity contribution in [3.63, 3.8) is 0 Å². The molecule has 1 N–H and O–H groups in total. The van der Waals surface area contributed by atoms with E-state index in [1.165, 1.54) is 22.9 Å². The monoisotopic (exact) mass is 467 g/mol. The van der Waals surface area contributed by atoms with Crippen LogP contribution in [0.5, 0.6) is 5.75 Å². The van der Waals surface area contributed by atoms with Gasteiger partial charge in [0.05, 0.1) is 12.1 Å². The SMILES string of the molecule is CCOC(=O)c1c(O)c2ncc(Cc3ccc(F)cc3)cc2n(CC(=O)N2CCCCC2)c1=O. The van der Waals surface area contributed by atoms with Gasteiger partial charge in [-0.15, -0.1) is 0 Å². The lowest BCUT2D eigenvalue weighted by molar-refractivity contribution is -0.132. The molecule has 3 heterocycles. The topological polar surface area (TPSA) is 102 Å². The summed E-state index contributed by atoms with van der Waals surface area (Å²) in [6.07, 6.45) is 4.76. The van der Waals surface area contributed by atoms with Crippen LogP contribution in [0.3, 0.4) is 0 Å². The van der Waals surface area contributed by atoms with Crippen LogP contribution < -0.4 is 5.56 Å². The van der Waals surface area contributed by atoms with Gasteiger partial charge in [-0.05, 0) is 61.9 Å². The molecule has 8 nitrogen and oxygen atoms in total. The molecule has 34 heavy (non-hydrogen) atoms. The number of likely N-dealkylation sites (tertiary alicyclic amines) is 1. The number of fused-ring (bicyclic) bond motifs is 1. The van der Waals surface area contributed by atoms with Gasteiger partial charge in [0, 0.05) is 19.3 Å². The first-order chi connectivity index (χ1) is 16.4. The first kappa shape index (κ1) is 23.4. The lowest BCUT2D eigenvalue weighted by Gasteiger charge is -2.27. The van der Waals surface area contributed by atoms with E-state index in [9.17, 15) is 23.9 Å². The maximum Gasteiger partial charge on any atom is 0.347 e. The van der Waals surface area contributed by atoms with E-state index in [0.717, 1.165) is 24.8 Å². The van der Waals surface area contributed by atoms with Crippen molar-refractivity contribution in [2.45, 2.75) is 39.2 Å². The Labute approximate surface area is 195 Å². The summed E-state index contributed by atoms with van der Waals surface area (Å²) in [4.78, 5) is 44.8. The maximum absolute atomic E-state index is 13.3. The van der Waals surface area contributed by atoms with Crippen LogP contribution in [0, 0.1) is 5.82 Å². The number of piperidine rings is 1. The molecule has 1 saturated heterocycles. The van der Waals surface area contributed by atoms with Crippen molar-refractivity contribution in [2.24, 2.45) is 0 Å². The van der Waals surface area contributed by atoms with Gasteiger partial charge in [0.1, 0.15) is 17.9 Å². The number of hydrogen-bond acceptors (Lipinski definition) is 6. The van der Waals surface area contributed by atoms with Crippen molar-refractivity contribution < 1.29 is 23.8 Å². The fraction of sp³-hybridized carbons (Fsp3) is 0.360. The third-order valence-electron chi connectivity index (χ3n) is 5.94. The van der Waals surface area contributed by atoms with E-state index < -0.39 is 22.8 Å². The van der Waals surface area contributed by atoms with Crippen molar-refractivity contribution in [3.05, 3.63) is 69.4 Å². The molecule has 0 spiro atoms. The number of aromatic nitrogens is 2. The number of aromatic hydroxyl groups is 1. The summed E-state index contributed by atoms with van der Waals surface area (Å²) < 4.78 is 19.4. The summed E-state index contributed by atoms with van der Waals surface area (Å²) in [5, 5.41) is 10.7. The average molecular weight is 467 g/mol. The van der Waals surface area contributed by atoms with E-state index in [1.807, 2.05) is 0 Å². The van der Waals surface area contributed by atoms with E-state index in [2.05, 4.69) is 4.98 Å².